The van der Waals surface area contributed by atoms with Crippen molar-refractivity contribution in [1.29, 1.82) is 0 Å². The third-order valence-electron chi connectivity index (χ3n) is 2.27. The van der Waals surface area contributed by atoms with Crippen LogP contribution in [0.1, 0.15) is 15.9 Å². The van der Waals surface area contributed by atoms with E-state index < -0.39 is 0 Å². The van der Waals surface area contributed by atoms with Crippen molar-refractivity contribution >= 4 is 17.6 Å². The van der Waals surface area contributed by atoms with Crippen LogP contribution >= 0.6 is 11.6 Å². The van der Waals surface area contributed by atoms with Crippen molar-refractivity contribution in [3.8, 4) is 5.75 Å². The van der Waals surface area contributed by atoms with Crippen molar-refractivity contribution in [3.63, 3.8) is 0 Å². The highest BCUT2D eigenvalue weighted by Gasteiger charge is 2.07. The second kappa shape index (κ2) is 5.51. The smallest absolute Gasteiger partial charge is 0.343 e. The van der Waals surface area contributed by atoms with Crippen LogP contribution in [0.25, 0.3) is 0 Å². The molecule has 0 aliphatic rings. The van der Waals surface area contributed by atoms with Gasteiger partial charge in [-0.2, -0.15) is 0 Å². The van der Waals surface area contributed by atoms with Gasteiger partial charge in [0.1, 0.15) is 5.75 Å². The summed E-state index contributed by atoms with van der Waals surface area (Å²) in [6.07, 6.45) is 0. The fraction of sp³-hybridized carbons (Fsp3) is 0.0714. The maximum Gasteiger partial charge on any atom is 0.343 e. The van der Waals surface area contributed by atoms with Gasteiger partial charge in [0, 0.05) is 5.88 Å². The molecule has 2 rings (SSSR count). The van der Waals surface area contributed by atoms with Crippen LogP contribution in [-0.2, 0) is 5.88 Å². The minimum absolute atomic E-state index is 0.364. The van der Waals surface area contributed by atoms with Gasteiger partial charge in [-0.15, -0.1) is 11.6 Å². The number of hydrogen-bond acceptors (Lipinski definition) is 2. The summed E-state index contributed by atoms with van der Waals surface area (Å²) < 4.78 is 5.25. The zero-order valence-electron chi connectivity index (χ0n) is 9.10. The summed E-state index contributed by atoms with van der Waals surface area (Å²) in [6, 6.07) is 16.1. The maximum atomic E-state index is 11.8. The monoisotopic (exact) mass is 246 g/mol. The van der Waals surface area contributed by atoms with Crippen molar-refractivity contribution in [3.05, 3.63) is 65.7 Å². The Labute approximate surface area is 105 Å². The molecule has 0 saturated heterocycles. The highest BCUT2D eigenvalue weighted by atomic mass is 35.5. The highest BCUT2D eigenvalue weighted by Crippen LogP contribution is 2.16. The fourth-order valence-corrected chi connectivity index (χ4v) is 1.60. The number of benzene rings is 2. The van der Waals surface area contributed by atoms with Gasteiger partial charge in [-0.25, -0.2) is 4.79 Å². The van der Waals surface area contributed by atoms with Crippen molar-refractivity contribution in [1.82, 2.24) is 0 Å². The van der Waals surface area contributed by atoms with Gasteiger partial charge in [-0.3, -0.25) is 0 Å². The summed E-state index contributed by atoms with van der Waals surface area (Å²) in [4.78, 5) is 11.8. The predicted octanol–water partition coefficient (Wildman–Crippen LogP) is 3.64. The van der Waals surface area contributed by atoms with Crippen molar-refractivity contribution in [2.45, 2.75) is 5.88 Å². The Balaban J connectivity index is 2.13. The topological polar surface area (TPSA) is 26.3 Å². The number of ether oxygens (including phenoxy) is 1. The van der Waals surface area contributed by atoms with Crippen LogP contribution in [-0.4, -0.2) is 5.97 Å². The summed E-state index contributed by atoms with van der Waals surface area (Å²) in [5, 5.41) is 0. The number of carbonyl (C=O) groups excluding carboxylic acids is 1. The first kappa shape index (κ1) is 11.7. The summed E-state index contributed by atoms with van der Waals surface area (Å²) in [6.45, 7) is 0. The molecule has 0 atom stereocenters. The molecule has 0 bridgehead atoms. The van der Waals surface area contributed by atoms with E-state index in [0.29, 0.717) is 17.2 Å². The fourth-order valence-electron chi connectivity index (χ4n) is 1.43. The minimum atomic E-state index is -0.364. The van der Waals surface area contributed by atoms with Crippen LogP contribution in [0.2, 0.25) is 0 Å². The van der Waals surface area contributed by atoms with Crippen LogP contribution in [0, 0.1) is 0 Å². The van der Waals surface area contributed by atoms with E-state index in [4.69, 9.17) is 16.3 Å². The van der Waals surface area contributed by atoms with Gasteiger partial charge in [0.2, 0.25) is 0 Å². The molecular weight excluding hydrogens is 236 g/mol. The van der Waals surface area contributed by atoms with Crippen LogP contribution in [0.3, 0.4) is 0 Å². The standard InChI is InChI=1S/C14H11ClO2/c15-10-11-5-4-8-13(9-11)17-14(16)12-6-2-1-3-7-12/h1-9H,10H2. The summed E-state index contributed by atoms with van der Waals surface area (Å²) >= 11 is 5.71. The Morgan fingerprint density at radius 3 is 2.53 bits per heavy atom. The molecule has 0 spiro atoms. The van der Waals surface area contributed by atoms with Crippen LogP contribution in [0.15, 0.2) is 54.6 Å². The van der Waals surface area contributed by atoms with Crippen molar-refractivity contribution in [2.75, 3.05) is 0 Å². The van der Waals surface area contributed by atoms with Crippen LogP contribution < -0.4 is 4.74 Å². The molecule has 86 valence electrons. The number of hydrogen-bond donors (Lipinski definition) is 0. The molecule has 0 amide bonds. The van der Waals surface area contributed by atoms with Gasteiger partial charge < -0.3 is 4.74 Å². The molecule has 2 aromatic carbocycles. The molecule has 0 aliphatic heterocycles. The first-order chi connectivity index (χ1) is 8.29. The van der Waals surface area contributed by atoms with E-state index in [1.165, 1.54) is 0 Å². The quantitative estimate of drug-likeness (QED) is 0.470. The second-order valence-electron chi connectivity index (χ2n) is 3.54. The summed E-state index contributed by atoms with van der Waals surface area (Å²) in [5.74, 6) is 0.547. The van der Waals surface area contributed by atoms with Crippen LogP contribution in [0.5, 0.6) is 5.75 Å². The second-order valence-corrected chi connectivity index (χ2v) is 3.80. The van der Waals surface area contributed by atoms with Crippen molar-refractivity contribution < 1.29 is 9.53 Å². The molecule has 17 heavy (non-hydrogen) atoms. The van der Waals surface area contributed by atoms with Gasteiger partial charge >= 0.3 is 5.97 Å². The van der Waals surface area contributed by atoms with E-state index in [1.54, 1.807) is 36.4 Å². The van der Waals surface area contributed by atoms with Gasteiger partial charge in [0.25, 0.3) is 0 Å². The SMILES string of the molecule is O=C(Oc1cccc(CCl)c1)c1ccccc1. The number of esters is 1. The molecule has 2 nitrogen and oxygen atoms in total. The largest absolute Gasteiger partial charge is 0.423 e. The molecule has 0 heterocycles. The third-order valence-corrected chi connectivity index (χ3v) is 2.58. The predicted molar refractivity (Wildman–Crippen MR) is 67.4 cm³/mol. The molecule has 0 fully saturated rings. The zero-order chi connectivity index (χ0) is 12.1. The Morgan fingerprint density at radius 1 is 1.06 bits per heavy atom. The number of alkyl halides is 1. The molecule has 0 N–H and O–H groups in total. The summed E-state index contributed by atoms with van der Waals surface area (Å²) in [5.41, 5.74) is 1.45. The molecule has 0 radical (unpaired) electrons. The highest BCUT2D eigenvalue weighted by molar-refractivity contribution is 6.17. The van der Waals surface area contributed by atoms with Crippen LogP contribution in [0.4, 0.5) is 0 Å². The van der Waals surface area contributed by atoms with E-state index in [-0.39, 0.29) is 5.97 Å². The number of halogens is 1. The first-order valence-corrected chi connectivity index (χ1v) is 5.75. The molecule has 2 aromatic rings. The normalized spacial score (nSPS) is 9.94. The Morgan fingerprint density at radius 2 is 1.82 bits per heavy atom. The maximum absolute atomic E-state index is 11.8. The Bertz CT molecular complexity index is 509. The average molecular weight is 247 g/mol. The first-order valence-electron chi connectivity index (χ1n) is 5.22. The van der Waals surface area contributed by atoms with Gasteiger partial charge in [0.05, 0.1) is 5.56 Å². The van der Waals surface area contributed by atoms with E-state index in [9.17, 15) is 4.79 Å². The molecular formula is C14H11ClO2. The molecule has 0 unspecified atom stereocenters. The van der Waals surface area contributed by atoms with E-state index in [0.717, 1.165) is 5.56 Å². The number of carbonyl (C=O) groups is 1. The molecule has 3 heteroatoms. The molecule has 0 aliphatic carbocycles. The lowest BCUT2D eigenvalue weighted by Crippen LogP contribution is -2.08. The zero-order valence-corrected chi connectivity index (χ0v) is 9.85. The third kappa shape index (κ3) is 3.08. The molecule has 0 saturated carbocycles. The lowest BCUT2D eigenvalue weighted by molar-refractivity contribution is 0.0734. The van der Waals surface area contributed by atoms with Gasteiger partial charge in [-0.05, 0) is 29.8 Å². The minimum Gasteiger partial charge on any atom is -0.423 e. The Kier molecular flexibility index (Phi) is 3.78. The van der Waals surface area contributed by atoms with E-state index >= 15 is 0 Å². The average Bonchev–Trinajstić information content (AvgIpc) is 2.40. The number of rotatable bonds is 3. The van der Waals surface area contributed by atoms with E-state index in [2.05, 4.69) is 0 Å². The van der Waals surface area contributed by atoms with Crippen molar-refractivity contribution in [2.24, 2.45) is 0 Å². The van der Waals surface area contributed by atoms with Gasteiger partial charge in [0.15, 0.2) is 0 Å². The lowest BCUT2D eigenvalue weighted by atomic mass is 10.2. The van der Waals surface area contributed by atoms with Gasteiger partial charge in [-0.1, -0.05) is 30.3 Å². The molecule has 0 aromatic heterocycles. The Hall–Kier alpha value is -1.80. The summed E-state index contributed by atoms with van der Waals surface area (Å²) in [7, 11) is 0. The van der Waals surface area contributed by atoms with E-state index in [1.807, 2.05) is 18.2 Å². The lowest BCUT2D eigenvalue weighted by Gasteiger charge is -2.05.